The van der Waals surface area contributed by atoms with Gasteiger partial charge in [-0.2, -0.15) is 10.1 Å². The number of halogens is 1. The standard InChI is InChI=1S/C14H13ClN4/c1-10-7-12(19-14(18-10)16-9-17-19)8-13(15)11-5-3-2-4-6-11/h2-7,9,13H,8H2,1H3. The van der Waals surface area contributed by atoms with E-state index in [4.69, 9.17) is 11.6 Å². The first-order valence-corrected chi connectivity index (χ1v) is 6.53. The highest BCUT2D eigenvalue weighted by atomic mass is 35.5. The maximum atomic E-state index is 6.48. The van der Waals surface area contributed by atoms with E-state index in [0.717, 1.165) is 17.0 Å². The normalized spacial score (nSPS) is 12.7. The highest BCUT2D eigenvalue weighted by Gasteiger charge is 2.12. The summed E-state index contributed by atoms with van der Waals surface area (Å²) in [5.41, 5.74) is 3.04. The monoisotopic (exact) mass is 272 g/mol. The molecule has 19 heavy (non-hydrogen) atoms. The fourth-order valence-corrected chi connectivity index (χ4v) is 2.42. The van der Waals surface area contributed by atoms with Gasteiger partial charge in [0.05, 0.1) is 5.38 Å². The second kappa shape index (κ2) is 4.97. The zero-order chi connectivity index (χ0) is 13.2. The van der Waals surface area contributed by atoms with Gasteiger partial charge in [-0.05, 0) is 18.6 Å². The molecule has 4 nitrogen and oxygen atoms in total. The van der Waals surface area contributed by atoms with Crippen molar-refractivity contribution in [1.82, 2.24) is 19.6 Å². The molecule has 2 heterocycles. The molecule has 1 atom stereocenters. The molecule has 3 rings (SSSR count). The van der Waals surface area contributed by atoms with Crippen LogP contribution in [0.25, 0.3) is 5.78 Å². The minimum Gasteiger partial charge on any atom is -0.216 e. The van der Waals surface area contributed by atoms with Crippen LogP contribution in [0.2, 0.25) is 0 Å². The Morgan fingerprint density at radius 2 is 2.05 bits per heavy atom. The molecule has 0 aliphatic rings. The van der Waals surface area contributed by atoms with Crippen LogP contribution in [0.15, 0.2) is 42.7 Å². The first kappa shape index (κ1) is 12.1. The zero-order valence-corrected chi connectivity index (χ0v) is 11.2. The number of rotatable bonds is 3. The van der Waals surface area contributed by atoms with E-state index in [0.29, 0.717) is 12.2 Å². The van der Waals surface area contributed by atoms with Gasteiger partial charge in [0, 0.05) is 17.8 Å². The molecule has 96 valence electrons. The third-order valence-electron chi connectivity index (χ3n) is 3.00. The Morgan fingerprint density at radius 1 is 1.26 bits per heavy atom. The summed E-state index contributed by atoms with van der Waals surface area (Å²) in [6, 6.07) is 12.0. The Balaban J connectivity index is 1.95. The van der Waals surface area contributed by atoms with Crippen molar-refractivity contribution in [3.8, 4) is 0 Å². The summed E-state index contributed by atoms with van der Waals surface area (Å²) in [5, 5.41) is 4.10. The Bertz CT molecular complexity index is 693. The predicted molar refractivity (Wildman–Crippen MR) is 74.3 cm³/mol. The lowest BCUT2D eigenvalue weighted by molar-refractivity contribution is 0.790. The maximum Gasteiger partial charge on any atom is 0.252 e. The molecule has 0 fully saturated rings. The van der Waals surface area contributed by atoms with Crippen LogP contribution in [0.3, 0.4) is 0 Å². The number of benzene rings is 1. The molecule has 0 saturated carbocycles. The third kappa shape index (κ3) is 2.44. The van der Waals surface area contributed by atoms with Crippen molar-refractivity contribution in [1.29, 1.82) is 0 Å². The lowest BCUT2D eigenvalue weighted by Crippen LogP contribution is -2.05. The second-order valence-electron chi connectivity index (χ2n) is 4.44. The summed E-state index contributed by atoms with van der Waals surface area (Å²) in [5.74, 6) is 0.618. The van der Waals surface area contributed by atoms with Crippen molar-refractivity contribution in [3.63, 3.8) is 0 Å². The Hall–Kier alpha value is -1.94. The average molecular weight is 273 g/mol. The first-order chi connectivity index (χ1) is 9.24. The van der Waals surface area contributed by atoms with Gasteiger partial charge in [-0.15, -0.1) is 11.6 Å². The quantitative estimate of drug-likeness (QED) is 0.689. The van der Waals surface area contributed by atoms with E-state index in [2.05, 4.69) is 15.1 Å². The summed E-state index contributed by atoms with van der Waals surface area (Å²) in [7, 11) is 0. The number of nitrogens with zero attached hydrogens (tertiary/aromatic N) is 4. The van der Waals surface area contributed by atoms with E-state index in [-0.39, 0.29) is 5.38 Å². The van der Waals surface area contributed by atoms with Crippen LogP contribution >= 0.6 is 11.6 Å². The number of aromatic nitrogens is 4. The Morgan fingerprint density at radius 3 is 2.84 bits per heavy atom. The van der Waals surface area contributed by atoms with Crippen molar-refractivity contribution in [2.75, 3.05) is 0 Å². The minimum atomic E-state index is -0.0876. The smallest absolute Gasteiger partial charge is 0.216 e. The van der Waals surface area contributed by atoms with E-state index in [1.54, 1.807) is 4.52 Å². The molecule has 0 aliphatic carbocycles. The molecule has 0 saturated heterocycles. The van der Waals surface area contributed by atoms with Gasteiger partial charge < -0.3 is 0 Å². The maximum absolute atomic E-state index is 6.48. The van der Waals surface area contributed by atoms with E-state index < -0.39 is 0 Å². The molecule has 5 heteroatoms. The highest BCUT2D eigenvalue weighted by Crippen LogP contribution is 2.24. The Labute approximate surface area is 116 Å². The molecule has 0 radical (unpaired) electrons. The SMILES string of the molecule is Cc1cc(CC(Cl)c2ccccc2)n2ncnc2n1. The molecule has 1 unspecified atom stereocenters. The number of alkyl halides is 1. The van der Waals surface area contributed by atoms with Crippen LogP contribution < -0.4 is 0 Å². The summed E-state index contributed by atoms with van der Waals surface area (Å²) in [4.78, 5) is 8.44. The highest BCUT2D eigenvalue weighted by molar-refractivity contribution is 6.20. The second-order valence-corrected chi connectivity index (χ2v) is 4.97. The number of aryl methyl sites for hydroxylation is 1. The molecule has 0 spiro atoms. The van der Waals surface area contributed by atoms with Crippen molar-refractivity contribution in [3.05, 3.63) is 59.7 Å². The molecule has 0 aliphatic heterocycles. The van der Waals surface area contributed by atoms with Crippen LogP contribution in [0, 0.1) is 6.92 Å². The van der Waals surface area contributed by atoms with Crippen LogP contribution in [0.1, 0.15) is 22.3 Å². The fraction of sp³-hybridized carbons (Fsp3) is 0.214. The Kier molecular flexibility index (Phi) is 3.17. The molecule has 3 aromatic rings. The minimum absolute atomic E-state index is 0.0876. The zero-order valence-electron chi connectivity index (χ0n) is 10.5. The average Bonchev–Trinajstić information content (AvgIpc) is 2.88. The van der Waals surface area contributed by atoms with Gasteiger partial charge in [-0.1, -0.05) is 30.3 Å². The molecule has 0 N–H and O–H groups in total. The van der Waals surface area contributed by atoms with Gasteiger partial charge in [0.2, 0.25) is 0 Å². The topological polar surface area (TPSA) is 43.1 Å². The molecule has 2 aromatic heterocycles. The summed E-state index contributed by atoms with van der Waals surface area (Å²) >= 11 is 6.48. The van der Waals surface area contributed by atoms with E-state index in [1.165, 1.54) is 6.33 Å². The van der Waals surface area contributed by atoms with Crippen LogP contribution in [-0.4, -0.2) is 19.6 Å². The largest absolute Gasteiger partial charge is 0.252 e. The van der Waals surface area contributed by atoms with Gasteiger partial charge in [-0.3, -0.25) is 0 Å². The molecular weight excluding hydrogens is 260 g/mol. The first-order valence-electron chi connectivity index (χ1n) is 6.09. The van der Waals surface area contributed by atoms with Crippen LogP contribution in [0.4, 0.5) is 0 Å². The predicted octanol–water partition coefficient (Wildman–Crippen LogP) is 2.96. The number of hydrogen-bond acceptors (Lipinski definition) is 3. The van der Waals surface area contributed by atoms with E-state index >= 15 is 0 Å². The molecule has 0 amide bonds. The van der Waals surface area contributed by atoms with Gasteiger partial charge in [-0.25, -0.2) is 9.50 Å². The van der Waals surface area contributed by atoms with E-state index in [9.17, 15) is 0 Å². The van der Waals surface area contributed by atoms with Gasteiger partial charge in [0.25, 0.3) is 5.78 Å². The van der Waals surface area contributed by atoms with E-state index in [1.807, 2.05) is 43.3 Å². The lowest BCUT2D eigenvalue weighted by atomic mass is 10.1. The number of hydrogen-bond donors (Lipinski definition) is 0. The van der Waals surface area contributed by atoms with Crippen molar-refractivity contribution < 1.29 is 0 Å². The molecular formula is C14H13ClN4. The van der Waals surface area contributed by atoms with Crippen molar-refractivity contribution in [2.45, 2.75) is 18.7 Å². The third-order valence-corrected chi connectivity index (χ3v) is 3.41. The molecule has 1 aromatic carbocycles. The van der Waals surface area contributed by atoms with Crippen molar-refractivity contribution in [2.24, 2.45) is 0 Å². The fourth-order valence-electron chi connectivity index (χ4n) is 2.12. The van der Waals surface area contributed by atoms with Gasteiger partial charge >= 0.3 is 0 Å². The summed E-state index contributed by atoms with van der Waals surface area (Å²) < 4.78 is 1.74. The van der Waals surface area contributed by atoms with Crippen LogP contribution in [-0.2, 0) is 6.42 Å². The summed E-state index contributed by atoms with van der Waals surface area (Å²) in [6.07, 6.45) is 2.20. The van der Waals surface area contributed by atoms with Crippen molar-refractivity contribution >= 4 is 17.4 Å². The van der Waals surface area contributed by atoms with Gasteiger partial charge in [0.15, 0.2) is 0 Å². The van der Waals surface area contributed by atoms with Gasteiger partial charge in [0.1, 0.15) is 6.33 Å². The molecule has 0 bridgehead atoms. The van der Waals surface area contributed by atoms with Crippen LogP contribution in [0.5, 0.6) is 0 Å². The number of fused-ring (bicyclic) bond motifs is 1. The summed E-state index contributed by atoms with van der Waals surface area (Å²) in [6.45, 7) is 1.95. The lowest BCUT2D eigenvalue weighted by Gasteiger charge is -2.11.